The highest BCUT2D eigenvalue weighted by Crippen LogP contribution is 2.26. The van der Waals surface area contributed by atoms with Crippen LogP contribution in [0.4, 0.5) is 5.69 Å². The summed E-state index contributed by atoms with van der Waals surface area (Å²) in [6.45, 7) is 2.65. The zero-order valence-electron chi connectivity index (χ0n) is 11.8. The number of anilines is 1. The molecule has 0 unspecified atom stereocenters. The number of aromatic nitrogens is 1. The molecule has 3 rings (SSSR count). The van der Waals surface area contributed by atoms with Crippen molar-refractivity contribution in [3.8, 4) is 6.07 Å². The Labute approximate surface area is 123 Å². The second kappa shape index (κ2) is 5.64. The first-order valence-corrected chi connectivity index (χ1v) is 6.86. The van der Waals surface area contributed by atoms with E-state index in [-0.39, 0.29) is 0 Å². The van der Waals surface area contributed by atoms with Crippen molar-refractivity contribution in [2.75, 3.05) is 5.32 Å². The van der Waals surface area contributed by atoms with Gasteiger partial charge < -0.3 is 5.32 Å². The lowest BCUT2D eigenvalue weighted by Gasteiger charge is -2.10. The Morgan fingerprint density at radius 1 is 1.00 bits per heavy atom. The summed E-state index contributed by atoms with van der Waals surface area (Å²) in [5.41, 5.74) is 3.74. The average Bonchev–Trinajstić information content (AvgIpc) is 2.52. The highest BCUT2D eigenvalue weighted by Gasteiger charge is 2.05. The quantitative estimate of drug-likeness (QED) is 0.783. The van der Waals surface area contributed by atoms with Gasteiger partial charge in [-0.1, -0.05) is 30.3 Å². The molecule has 0 aliphatic heterocycles. The molecule has 0 spiro atoms. The highest BCUT2D eigenvalue weighted by atomic mass is 14.9. The Kier molecular flexibility index (Phi) is 3.53. The van der Waals surface area contributed by atoms with Gasteiger partial charge in [0, 0.05) is 22.2 Å². The lowest BCUT2D eigenvalue weighted by Crippen LogP contribution is -2.03. The maximum absolute atomic E-state index is 9.18. The molecule has 21 heavy (non-hydrogen) atoms. The van der Waals surface area contributed by atoms with E-state index in [1.165, 1.54) is 0 Å². The van der Waals surface area contributed by atoms with Gasteiger partial charge in [0.15, 0.2) is 0 Å². The number of pyridine rings is 1. The van der Waals surface area contributed by atoms with Gasteiger partial charge in [-0.15, -0.1) is 0 Å². The number of nitriles is 1. The SMILES string of the molecule is Cc1cccc(CNc2ccc(C#N)c3ccccc23)n1. The van der Waals surface area contributed by atoms with Gasteiger partial charge in [0.25, 0.3) is 0 Å². The van der Waals surface area contributed by atoms with E-state index in [4.69, 9.17) is 0 Å². The van der Waals surface area contributed by atoms with E-state index in [0.29, 0.717) is 12.1 Å². The van der Waals surface area contributed by atoms with Crippen LogP contribution in [-0.4, -0.2) is 4.98 Å². The Hall–Kier alpha value is -2.86. The topological polar surface area (TPSA) is 48.7 Å². The van der Waals surface area contributed by atoms with Crippen LogP contribution in [0.5, 0.6) is 0 Å². The van der Waals surface area contributed by atoms with Crippen molar-refractivity contribution < 1.29 is 0 Å². The lowest BCUT2D eigenvalue weighted by atomic mass is 10.0. The molecule has 1 N–H and O–H groups in total. The van der Waals surface area contributed by atoms with Crippen LogP contribution in [0.15, 0.2) is 54.6 Å². The molecule has 0 saturated heterocycles. The fourth-order valence-electron chi connectivity index (χ4n) is 2.43. The van der Waals surface area contributed by atoms with Crippen molar-refractivity contribution in [1.29, 1.82) is 5.26 Å². The van der Waals surface area contributed by atoms with Crippen LogP contribution in [-0.2, 0) is 6.54 Å². The van der Waals surface area contributed by atoms with E-state index in [1.54, 1.807) is 0 Å². The fourth-order valence-corrected chi connectivity index (χ4v) is 2.43. The Balaban J connectivity index is 1.93. The van der Waals surface area contributed by atoms with Crippen molar-refractivity contribution in [1.82, 2.24) is 4.98 Å². The minimum absolute atomic E-state index is 0.664. The Bertz CT molecular complexity index is 831. The summed E-state index contributed by atoms with van der Waals surface area (Å²) in [5.74, 6) is 0. The molecule has 1 aromatic heterocycles. The van der Waals surface area contributed by atoms with Crippen LogP contribution in [0.3, 0.4) is 0 Å². The summed E-state index contributed by atoms with van der Waals surface area (Å²) >= 11 is 0. The molecule has 3 aromatic rings. The molecule has 0 radical (unpaired) electrons. The second-order valence-electron chi connectivity index (χ2n) is 4.94. The molecule has 3 nitrogen and oxygen atoms in total. The molecule has 0 aliphatic rings. The predicted octanol–water partition coefficient (Wildman–Crippen LogP) is 4.03. The van der Waals surface area contributed by atoms with Crippen LogP contribution >= 0.6 is 0 Å². The van der Waals surface area contributed by atoms with Gasteiger partial charge in [-0.25, -0.2) is 0 Å². The molecular formula is C18H15N3. The van der Waals surface area contributed by atoms with Gasteiger partial charge in [0.05, 0.1) is 23.9 Å². The lowest BCUT2D eigenvalue weighted by molar-refractivity contribution is 1.02. The normalized spacial score (nSPS) is 10.3. The van der Waals surface area contributed by atoms with E-state index >= 15 is 0 Å². The average molecular weight is 273 g/mol. The molecule has 0 atom stereocenters. The molecule has 0 aliphatic carbocycles. The number of fused-ring (bicyclic) bond motifs is 1. The first kappa shape index (κ1) is 13.1. The van der Waals surface area contributed by atoms with E-state index < -0.39 is 0 Å². The minimum atomic E-state index is 0.664. The minimum Gasteiger partial charge on any atom is -0.379 e. The van der Waals surface area contributed by atoms with Gasteiger partial charge in [0.2, 0.25) is 0 Å². The predicted molar refractivity (Wildman–Crippen MR) is 85.0 cm³/mol. The van der Waals surface area contributed by atoms with Crippen molar-refractivity contribution >= 4 is 16.5 Å². The summed E-state index contributed by atoms with van der Waals surface area (Å²) in [7, 11) is 0. The Morgan fingerprint density at radius 2 is 1.81 bits per heavy atom. The van der Waals surface area contributed by atoms with Crippen LogP contribution in [0, 0.1) is 18.3 Å². The third kappa shape index (κ3) is 2.70. The molecule has 102 valence electrons. The smallest absolute Gasteiger partial charge is 0.0998 e. The molecule has 0 amide bonds. The third-order valence-electron chi connectivity index (χ3n) is 3.45. The summed E-state index contributed by atoms with van der Waals surface area (Å²) in [6, 6.07) is 20.0. The first-order valence-electron chi connectivity index (χ1n) is 6.86. The fraction of sp³-hybridized carbons (Fsp3) is 0.111. The maximum atomic E-state index is 9.18. The zero-order chi connectivity index (χ0) is 14.7. The molecule has 0 bridgehead atoms. The van der Waals surface area contributed by atoms with Crippen LogP contribution in [0.1, 0.15) is 17.0 Å². The van der Waals surface area contributed by atoms with Gasteiger partial charge in [-0.2, -0.15) is 5.26 Å². The zero-order valence-corrected chi connectivity index (χ0v) is 11.8. The molecule has 0 saturated carbocycles. The summed E-state index contributed by atoms with van der Waals surface area (Å²) in [6.07, 6.45) is 0. The third-order valence-corrected chi connectivity index (χ3v) is 3.45. The number of benzene rings is 2. The van der Waals surface area contributed by atoms with Crippen LogP contribution in [0.25, 0.3) is 10.8 Å². The van der Waals surface area contributed by atoms with Crippen LogP contribution < -0.4 is 5.32 Å². The summed E-state index contributed by atoms with van der Waals surface area (Å²) in [4.78, 5) is 4.49. The molecule has 1 heterocycles. The molecule has 0 fully saturated rings. The number of rotatable bonds is 3. The van der Waals surface area contributed by atoms with Gasteiger partial charge in [0.1, 0.15) is 0 Å². The van der Waals surface area contributed by atoms with Crippen LogP contribution in [0.2, 0.25) is 0 Å². The van der Waals surface area contributed by atoms with E-state index in [9.17, 15) is 5.26 Å². The number of hydrogen-bond acceptors (Lipinski definition) is 3. The van der Waals surface area contributed by atoms with E-state index in [2.05, 4.69) is 16.4 Å². The van der Waals surface area contributed by atoms with Gasteiger partial charge >= 0.3 is 0 Å². The number of hydrogen-bond donors (Lipinski definition) is 1. The Morgan fingerprint density at radius 3 is 2.57 bits per heavy atom. The molecule has 3 heteroatoms. The van der Waals surface area contributed by atoms with Crippen molar-refractivity contribution in [2.45, 2.75) is 13.5 Å². The number of nitrogens with one attached hydrogen (secondary N) is 1. The van der Waals surface area contributed by atoms with E-state index in [0.717, 1.165) is 27.8 Å². The highest BCUT2D eigenvalue weighted by molar-refractivity contribution is 5.97. The van der Waals surface area contributed by atoms with Gasteiger partial charge in [-0.05, 0) is 31.2 Å². The van der Waals surface area contributed by atoms with Crippen molar-refractivity contribution in [3.05, 3.63) is 71.5 Å². The monoisotopic (exact) mass is 273 g/mol. The van der Waals surface area contributed by atoms with Crippen molar-refractivity contribution in [2.24, 2.45) is 0 Å². The largest absolute Gasteiger partial charge is 0.379 e. The molecule has 2 aromatic carbocycles. The second-order valence-corrected chi connectivity index (χ2v) is 4.94. The number of nitrogens with zero attached hydrogens (tertiary/aromatic N) is 2. The molecular weight excluding hydrogens is 258 g/mol. The standard InChI is InChI=1S/C18H15N3/c1-13-5-4-6-15(21-13)12-20-18-10-9-14(11-19)16-7-2-3-8-17(16)18/h2-10,20H,12H2,1H3. The van der Waals surface area contributed by atoms with Crippen molar-refractivity contribution in [3.63, 3.8) is 0 Å². The van der Waals surface area contributed by atoms with Gasteiger partial charge in [-0.3, -0.25) is 4.98 Å². The maximum Gasteiger partial charge on any atom is 0.0998 e. The first-order chi connectivity index (χ1) is 10.3. The number of aryl methyl sites for hydroxylation is 1. The summed E-state index contributed by atoms with van der Waals surface area (Å²) < 4.78 is 0. The summed E-state index contributed by atoms with van der Waals surface area (Å²) in [5, 5.41) is 14.6. The van der Waals surface area contributed by atoms with E-state index in [1.807, 2.05) is 61.5 Å².